The molecule has 0 bridgehead atoms. The summed E-state index contributed by atoms with van der Waals surface area (Å²) < 4.78 is 4.74. The van der Waals surface area contributed by atoms with Crippen molar-refractivity contribution in [1.82, 2.24) is 0 Å². The third kappa shape index (κ3) is 10.7. The van der Waals surface area contributed by atoms with E-state index in [-0.39, 0.29) is 5.97 Å². The Bertz CT molecular complexity index is 243. The molecule has 0 N–H and O–H groups in total. The molecule has 0 rings (SSSR count). The minimum absolute atomic E-state index is 0.267. The van der Waals surface area contributed by atoms with Crippen molar-refractivity contribution < 1.29 is 9.53 Å². The van der Waals surface area contributed by atoms with Crippen molar-refractivity contribution in [1.29, 1.82) is 0 Å². The second-order valence-corrected chi connectivity index (χ2v) is 3.15. The molecule has 0 fully saturated rings. The number of allylic oxidation sites excluding steroid dienone is 1. The van der Waals surface area contributed by atoms with E-state index in [1.807, 2.05) is 6.08 Å². The van der Waals surface area contributed by atoms with Crippen molar-refractivity contribution >= 4 is 5.97 Å². The summed E-state index contributed by atoms with van der Waals surface area (Å²) in [4.78, 5) is 10.9. The van der Waals surface area contributed by atoms with Gasteiger partial charge < -0.3 is 4.74 Å². The summed E-state index contributed by atoms with van der Waals surface area (Å²) in [6.07, 6.45) is 8.27. The maximum atomic E-state index is 10.9. The van der Waals surface area contributed by atoms with Crippen molar-refractivity contribution in [2.45, 2.75) is 46.0 Å². The van der Waals surface area contributed by atoms with Crippen molar-refractivity contribution in [3.63, 3.8) is 0 Å². The van der Waals surface area contributed by atoms with E-state index in [4.69, 9.17) is 4.74 Å². The normalized spacial score (nSPS) is 9.73. The Morgan fingerprint density at radius 2 is 2.00 bits per heavy atom. The molecule has 0 spiro atoms. The predicted molar refractivity (Wildman–Crippen MR) is 62.3 cm³/mol. The first-order chi connectivity index (χ1) is 7.31. The van der Waals surface area contributed by atoms with Crippen molar-refractivity contribution in [3.8, 4) is 11.8 Å². The fraction of sp³-hybridized carbons (Fsp3) is 0.615. The smallest absolute Gasteiger partial charge is 0.330 e. The fourth-order valence-corrected chi connectivity index (χ4v) is 0.967. The van der Waals surface area contributed by atoms with Crippen LogP contribution in [0.1, 0.15) is 46.0 Å². The van der Waals surface area contributed by atoms with Gasteiger partial charge in [-0.15, -0.1) is 11.8 Å². The molecule has 0 aromatic rings. The second kappa shape index (κ2) is 10.8. The van der Waals surface area contributed by atoms with Gasteiger partial charge in [-0.3, -0.25) is 0 Å². The van der Waals surface area contributed by atoms with Gasteiger partial charge in [-0.1, -0.05) is 19.4 Å². The molecule has 0 aliphatic carbocycles. The zero-order valence-corrected chi connectivity index (χ0v) is 9.71. The zero-order valence-electron chi connectivity index (χ0n) is 9.71. The Balaban J connectivity index is 3.43. The van der Waals surface area contributed by atoms with Crippen LogP contribution in [0.25, 0.3) is 0 Å². The van der Waals surface area contributed by atoms with Gasteiger partial charge >= 0.3 is 5.97 Å². The van der Waals surface area contributed by atoms with Crippen LogP contribution in [0.15, 0.2) is 12.2 Å². The van der Waals surface area contributed by atoms with E-state index in [0.717, 1.165) is 19.3 Å². The van der Waals surface area contributed by atoms with Gasteiger partial charge in [-0.25, -0.2) is 4.79 Å². The lowest BCUT2D eigenvalue weighted by atomic mass is 10.2. The van der Waals surface area contributed by atoms with E-state index in [0.29, 0.717) is 6.61 Å². The first-order valence-electron chi connectivity index (χ1n) is 5.60. The summed E-state index contributed by atoms with van der Waals surface area (Å²) in [6.45, 7) is 4.38. The van der Waals surface area contributed by atoms with Gasteiger partial charge in [0.1, 0.15) is 0 Å². The Hall–Kier alpha value is -1.23. The van der Waals surface area contributed by atoms with Gasteiger partial charge in [0.15, 0.2) is 0 Å². The van der Waals surface area contributed by atoms with Crippen LogP contribution in [0.2, 0.25) is 0 Å². The number of esters is 1. The summed E-state index contributed by atoms with van der Waals surface area (Å²) in [5.41, 5.74) is 0. The van der Waals surface area contributed by atoms with E-state index in [2.05, 4.69) is 18.8 Å². The number of hydrogen-bond acceptors (Lipinski definition) is 2. The average molecular weight is 208 g/mol. The van der Waals surface area contributed by atoms with E-state index in [9.17, 15) is 4.79 Å². The molecule has 84 valence electrons. The molecule has 0 unspecified atom stereocenters. The van der Waals surface area contributed by atoms with Crippen LogP contribution in [0.4, 0.5) is 0 Å². The van der Waals surface area contributed by atoms with Crippen LogP contribution in [-0.2, 0) is 9.53 Å². The molecule has 2 heteroatoms. The minimum atomic E-state index is -0.267. The summed E-state index contributed by atoms with van der Waals surface area (Å²) in [5, 5.41) is 0. The van der Waals surface area contributed by atoms with Crippen molar-refractivity contribution in [3.05, 3.63) is 12.2 Å². The highest BCUT2D eigenvalue weighted by Gasteiger charge is 1.90. The highest BCUT2D eigenvalue weighted by Crippen LogP contribution is 1.93. The maximum Gasteiger partial charge on any atom is 0.330 e. The molecule has 0 atom stereocenters. The lowest BCUT2D eigenvalue weighted by Gasteiger charge is -1.93. The largest absolute Gasteiger partial charge is 0.463 e. The number of ether oxygens (including phenoxy) is 1. The predicted octanol–water partition coefficient (Wildman–Crippen LogP) is 3.08. The van der Waals surface area contributed by atoms with Crippen LogP contribution >= 0.6 is 0 Å². The standard InChI is InChI=1S/C13H20O2/c1-3-5-6-7-8-9-10-11-12-13(14)15-4-2/h11-12H,3-6,9-10H2,1-2H3. The Morgan fingerprint density at radius 1 is 1.27 bits per heavy atom. The van der Waals surface area contributed by atoms with Crippen LogP contribution < -0.4 is 0 Å². The van der Waals surface area contributed by atoms with Gasteiger partial charge in [0.2, 0.25) is 0 Å². The van der Waals surface area contributed by atoms with Gasteiger partial charge in [-0.05, 0) is 19.8 Å². The fourth-order valence-electron chi connectivity index (χ4n) is 0.967. The first kappa shape index (κ1) is 13.8. The third-order valence-corrected chi connectivity index (χ3v) is 1.76. The molecule has 0 heterocycles. The summed E-state index contributed by atoms with van der Waals surface area (Å²) >= 11 is 0. The first-order valence-corrected chi connectivity index (χ1v) is 5.60. The number of carbonyl (C=O) groups is 1. The number of unbranched alkanes of at least 4 members (excludes halogenated alkanes) is 3. The average Bonchev–Trinajstić information content (AvgIpc) is 2.22. The molecule has 0 aromatic carbocycles. The Labute approximate surface area is 92.7 Å². The molecule has 0 aromatic heterocycles. The molecule has 0 saturated heterocycles. The van der Waals surface area contributed by atoms with Crippen molar-refractivity contribution in [2.75, 3.05) is 6.61 Å². The minimum Gasteiger partial charge on any atom is -0.463 e. The Kier molecular flexibility index (Phi) is 9.96. The second-order valence-electron chi connectivity index (χ2n) is 3.15. The van der Waals surface area contributed by atoms with E-state index >= 15 is 0 Å². The summed E-state index contributed by atoms with van der Waals surface area (Å²) in [5.74, 6) is 5.90. The van der Waals surface area contributed by atoms with Crippen LogP contribution in [0.3, 0.4) is 0 Å². The highest BCUT2D eigenvalue weighted by atomic mass is 16.5. The molecule has 0 saturated carbocycles. The third-order valence-electron chi connectivity index (χ3n) is 1.76. The monoisotopic (exact) mass is 208 g/mol. The van der Waals surface area contributed by atoms with E-state index in [1.54, 1.807) is 6.92 Å². The molecule has 2 nitrogen and oxygen atoms in total. The summed E-state index contributed by atoms with van der Waals surface area (Å²) in [7, 11) is 0. The molecule has 0 radical (unpaired) electrons. The topological polar surface area (TPSA) is 26.3 Å². The lowest BCUT2D eigenvalue weighted by molar-refractivity contribution is -0.137. The molecular formula is C13H20O2. The van der Waals surface area contributed by atoms with Gasteiger partial charge in [-0.2, -0.15) is 0 Å². The number of carbonyl (C=O) groups excluding carboxylic acids is 1. The van der Waals surface area contributed by atoms with Crippen molar-refractivity contribution in [2.24, 2.45) is 0 Å². The van der Waals surface area contributed by atoms with Gasteiger partial charge in [0.25, 0.3) is 0 Å². The SMILES string of the molecule is CCCCC#CCCC=CC(=O)OCC. The zero-order chi connectivity index (χ0) is 11.4. The van der Waals surface area contributed by atoms with Crippen LogP contribution in [0, 0.1) is 11.8 Å². The van der Waals surface area contributed by atoms with Gasteiger partial charge in [0.05, 0.1) is 6.61 Å². The quantitative estimate of drug-likeness (QED) is 0.290. The molecule has 0 amide bonds. The molecule has 15 heavy (non-hydrogen) atoms. The number of rotatable bonds is 6. The van der Waals surface area contributed by atoms with Crippen LogP contribution in [0.5, 0.6) is 0 Å². The van der Waals surface area contributed by atoms with Gasteiger partial charge in [0, 0.05) is 18.9 Å². The lowest BCUT2D eigenvalue weighted by Crippen LogP contribution is -1.98. The highest BCUT2D eigenvalue weighted by molar-refractivity contribution is 5.81. The van der Waals surface area contributed by atoms with Crippen LogP contribution in [-0.4, -0.2) is 12.6 Å². The maximum absolute atomic E-state index is 10.9. The van der Waals surface area contributed by atoms with E-state index in [1.165, 1.54) is 18.9 Å². The molecule has 0 aliphatic heterocycles. The molecular weight excluding hydrogens is 188 g/mol. The molecule has 0 aliphatic rings. The Morgan fingerprint density at radius 3 is 2.67 bits per heavy atom. The summed E-state index contributed by atoms with van der Waals surface area (Å²) in [6, 6.07) is 0. The number of hydrogen-bond donors (Lipinski definition) is 0. The van der Waals surface area contributed by atoms with E-state index < -0.39 is 0 Å².